The van der Waals surface area contributed by atoms with Gasteiger partial charge in [-0.2, -0.15) is 0 Å². The zero-order chi connectivity index (χ0) is 25.3. The van der Waals surface area contributed by atoms with Crippen LogP contribution in [0.25, 0.3) is 0 Å². The summed E-state index contributed by atoms with van der Waals surface area (Å²) in [4.78, 5) is 4.78. The van der Waals surface area contributed by atoms with Crippen LogP contribution in [0.1, 0.15) is 49.0 Å². The minimum atomic E-state index is -1.45. The van der Waals surface area contributed by atoms with E-state index in [1.165, 1.54) is 0 Å². The molecule has 5 rings (SSSR count). The van der Waals surface area contributed by atoms with Gasteiger partial charge >= 0.3 is 0 Å². The molecule has 7 atom stereocenters. The van der Waals surface area contributed by atoms with Crippen molar-refractivity contribution in [3.63, 3.8) is 0 Å². The Morgan fingerprint density at radius 1 is 1.17 bits per heavy atom. The van der Waals surface area contributed by atoms with Crippen molar-refractivity contribution in [2.75, 3.05) is 19.8 Å². The average Bonchev–Trinajstić information content (AvgIpc) is 3.54. The SMILES string of the molecule is CCCC1=NC2(c3ccc(Cl)c(C(O[C@H]4CCOC4)c4ccccc4)c3)O[C@H](CO)[C@@H](O)[C@H](O)C2O1. The van der Waals surface area contributed by atoms with Gasteiger partial charge in [-0.15, -0.1) is 0 Å². The van der Waals surface area contributed by atoms with Crippen molar-refractivity contribution in [2.45, 2.75) is 68.5 Å². The molecule has 3 unspecified atom stereocenters. The highest BCUT2D eigenvalue weighted by Crippen LogP contribution is 2.47. The van der Waals surface area contributed by atoms with Gasteiger partial charge in [0.2, 0.25) is 5.72 Å². The molecule has 0 spiro atoms. The number of fused-ring (bicyclic) bond motifs is 1. The predicted octanol–water partition coefficient (Wildman–Crippen LogP) is 3.10. The summed E-state index contributed by atoms with van der Waals surface area (Å²) in [7, 11) is 0. The lowest BCUT2D eigenvalue weighted by Gasteiger charge is -2.44. The van der Waals surface area contributed by atoms with E-state index < -0.39 is 42.9 Å². The molecule has 0 aromatic heterocycles. The van der Waals surface area contributed by atoms with Crippen LogP contribution in [0.3, 0.4) is 0 Å². The minimum absolute atomic E-state index is 0.0773. The lowest BCUT2D eigenvalue weighted by atomic mass is 9.85. The maximum atomic E-state index is 11.0. The number of halogens is 1. The first-order valence-electron chi connectivity index (χ1n) is 12.4. The van der Waals surface area contributed by atoms with E-state index in [9.17, 15) is 15.3 Å². The largest absolute Gasteiger partial charge is 0.469 e. The summed E-state index contributed by atoms with van der Waals surface area (Å²) in [6, 6.07) is 15.2. The molecule has 8 nitrogen and oxygen atoms in total. The summed E-state index contributed by atoms with van der Waals surface area (Å²) in [6.45, 7) is 2.67. The highest BCUT2D eigenvalue weighted by atomic mass is 35.5. The minimum Gasteiger partial charge on any atom is -0.469 e. The smallest absolute Gasteiger partial charge is 0.228 e. The number of nitrogens with zero attached hydrogens (tertiary/aromatic N) is 1. The van der Waals surface area contributed by atoms with Crippen LogP contribution in [0.5, 0.6) is 0 Å². The molecule has 36 heavy (non-hydrogen) atoms. The highest BCUT2D eigenvalue weighted by Gasteiger charge is 2.60. The van der Waals surface area contributed by atoms with Crippen molar-refractivity contribution in [3.05, 3.63) is 70.2 Å². The molecule has 0 aliphatic carbocycles. The molecule has 0 bridgehead atoms. The maximum absolute atomic E-state index is 11.0. The van der Waals surface area contributed by atoms with E-state index in [2.05, 4.69) is 0 Å². The molecule has 2 aromatic rings. The molecule has 2 fully saturated rings. The molecule has 0 saturated carbocycles. The molecule has 2 saturated heterocycles. The van der Waals surface area contributed by atoms with E-state index in [1.807, 2.05) is 43.3 Å². The van der Waals surface area contributed by atoms with Gasteiger partial charge in [0.25, 0.3) is 0 Å². The van der Waals surface area contributed by atoms with Crippen LogP contribution < -0.4 is 0 Å². The molecule has 0 amide bonds. The van der Waals surface area contributed by atoms with Crippen LogP contribution in [0.4, 0.5) is 0 Å². The fraction of sp³-hybridized carbons (Fsp3) is 0.519. The number of aliphatic hydroxyl groups excluding tert-OH is 3. The van der Waals surface area contributed by atoms with Gasteiger partial charge in [0, 0.05) is 29.2 Å². The first-order chi connectivity index (χ1) is 17.5. The molecule has 3 aliphatic rings. The Balaban J connectivity index is 1.60. The van der Waals surface area contributed by atoms with Gasteiger partial charge in [0.05, 0.1) is 19.3 Å². The van der Waals surface area contributed by atoms with Crippen LogP contribution in [-0.4, -0.2) is 71.6 Å². The number of aliphatic hydroxyl groups is 3. The lowest BCUT2D eigenvalue weighted by molar-refractivity contribution is -0.262. The second-order valence-corrected chi connectivity index (χ2v) is 9.87. The molecule has 3 aliphatic heterocycles. The number of aliphatic imine (C=N–C) groups is 1. The Morgan fingerprint density at radius 2 is 1.97 bits per heavy atom. The molecule has 2 aromatic carbocycles. The van der Waals surface area contributed by atoms with Crippen molar-refractivity contribution in [1.82, 2.24) is 0 Å². The highest BCUT2D eigenvalue weighted by molar-refractivity contribution is 6.31. The zero-order valence-electron chi connectivity index (χ0n) is 20.1. The van der Waals surface area contributed by atoms with E-state index in [0.717, 1.165) is 18.4 Å². The number of hydrogen-bond donors (Lipinski definition) is 3. The van der Waals surface area contributed by atoms with E-state index in [0.29, 0.717) is 41.7 Å². The van der Waals surface area contributed by atoms with E-state index >= 15 is 0 Å². The van der Waals surface area contributed by atoms with Crippen LogP contribution in [-0.2, 0) is 24.7 Å². The van der Waals surface area contributed by atoms with Crippen LogP contribution in [0.2, 0.25) is 5.02 Å². The standard InChI is InChI=1S/C27H32ClNO7/c1-2-6-22-29-27(26(35-22)24(32)23(31)21(14-30)36-27)17-9-10-20(28)19(13-17)25(16-7-4-3-5-8-16)34-18-11-12-33-15-18/h3-5,7-10,13,18,21,23-26,30-32H,2,6,11-12,14-15H2,1H3/t18-,21+,23+,24-,25?,26?,27?/m0/s1. The Labute approximate surface area is 215 Å². The summed E-state index contributed by atoms with van der Waals surface area (Å²) in [6.07, 6.45) is -3.10. The van der Waals surface area contributed by atoms with E-state index in [-0.39, 0.29) is 6.10 Å². The molecule has 0 radical (unpaired) electrons. The predicted molar refractivity (Wildman–Crippen MR) is 133 cm³/mol. The van der Waals surface area contributed by atoms with Crippen molar-refractivity contribution >= 4 is 17.5 Å². The second kappa shape index (κ2) is 10.8. The van der Waals surface area contributed by atoms with Crippen molar-refractivity contribution < 1.29 is 34.3 Å². The van der Waals surface area contributed by atoms with Crippen molar-refractivity contribution in [3.8, 4) is 0 Å². The summed E-state index contributed by atoms with van der Waals surface area (Å²) in [5.41, 5.74) is 0.788. The molecule has 3 N–H and O–H groups in total. The van der Waals surface area contributed by atoms with Crippen LogP contribution >= 0.6 is 11.6 Å². The fourth-order valence-electron chi connectivity index (χ4n) is 5.11. The van der Waals surface area contributed by atoms with Crippen molar-refractivity contribution in [2.24, 2.45) is 4.99 Å². The first kappa shape index (κ1) is 25.6. The van der Waals surface area contributed by atoms with Gasteiger partial charge < -0.3 is 34.3 Å². The zero-order valence-corrected chi connectivity index (χ0v) is 20.9. The third kappa shape index (κ3) is 4.67. The molecular formula is C27H32ClNO7. The normalized spacial score (nSPS) is 32.6. The summed E-state index contributed by atoms with van der Waals surface area (Å²) < 4.78 is 24.3. The Morgan fingerprint density at radius 3 is 2.67 bits per heavy atom. The number of rotatable bonds is 8. The summed E-state index contributed by atoms with van der Waals surface area (Å²) >= 11 is 6.74. The first-order valence-corrected chi connectivity index (χ1v) is 12.8. The third-order valence-electron chi connectivity index (χ3n) is 6.97. The van der Waals surface area contributed by atoms with Gasteiger partial charge in [0.15, 0.2) is 12.0 Å². The Kier molecular flexibility index (Phi) is 7.65. The molecule has 9 heteroatoms. The van der Waals surface area contributed by atoms with E-state index in [4.69, 9.17) is 35.5 Å². The number of hydrogen-bond acceptors (Lipinski definition) is 8. The van der Waals surface area contributed by atoms with Gasteiger partial charge in [-0.25, -0.2) is 4.99 Å². The molecular weight excluding hydrogens is 486 g/mol. The van der Waals surface area contributed by atoms with Gasteiger partial charge in [-0.05, 0) is 30.5 Å². The van der Waals surface area contributed by atoms with Crippen molar-refractivity contribution in [1.29, 1.82) is 0 Å². The second-order valence-electron chi connectivity index (χ2n) is 9.46. The Bertz CT molecular complexity index is 1080. The van der Waals surface area contributed by atoms with Crippen LogP contribution in [0, 0.1) is 0 Å². The van der Waals surface area contributed by atoms with Gasteiger partial charge in [-0.1, -0.05) is 54.9 Å². The fourth-order valence-corrected chi connectivity index (χ4v) is 5.32. The third-order valence-corrected chi connectivity index (χ3v) is 7.31. The molecule has 194 valence electrons. The maximum Gasteiger partial charge on any atom is 0.228 e. The summed E-state index contributed by atoms with van der Waals surface area (Å²) in [5.74, 6) is 0.433. The number of ether oxygens (including phenoxy) is 4. The quantitative estimate of drug-likeness (QED) is 0.493. The number of benzene rings is 2. The average molecular weight is 518 g/mol. The van der Waals surface area contributed by atoms with Gasteiger partial charge in [0.1, 0.15) is 24.4 Å². The topological polar surface area (TPSA) is 110 Å². The van der Waals surface area contributed by atoms with E-state index in [1.54, 1.807) is 12.1 Å². The summed E-state index contributed by atoms with van der Waals surface area (Å²) in [5, 5.41) is 31.9. The lowest BCUT2D eigenvalue weighted by Crippen LogP contribution is -2.61. The van der Waals surface area contributed by atoms with Crippen LogP contribution in [0.15, 0.2) is 53.5 Å². The molecule has 3 heterocycles. The Hall–Kier alpha value is -2.04. The monoisotopic (exact) mass is 517 g/mol. The van der Waals surface area contributed by atoms with Gasteiger partial charge in [-0.3, -0.25) is 0 Å².